The van der Waals surface area contributed by atoms with Crippen LogP contribution in [0, 0.1) is 18.8 Å². The van der Waals surface area contributed by atoms with Gasteiger partial charge in [-0.2, -0.15) is 4.31 Å². The van der Waals surface area contributed by atoms with Crippen molar-refractivity contribution in [2.24, 2.45) is 0 Å². The molecule has 0 bridgehead atoms. The Kier molecular flexibility index (Phi) is 11.0. The molecule has 178 valence electrons. The number of sulfonamides is 1. The second-order valence-corrected chi connectivity index (χ2v) is 10.4. The third-order valence-corrected chi connectivity index (χ3v) is 7.74. The normalized spacial score (nSPS) is 12.1. The van der Waals surface area contributed by atoms with Crippen molar-refractivity contribution in [1.29, 1.82) is 0 Å². The van der Waals surface area contributed by atoms with E-state index in [2.05, 4.69) is 11.8 Å². The Morgan fingerprint density at radius 3 is 2.18 bits per heavy atom. The molecule has 9 heteroatoms. The Morgan fingerprint density at radius 1 is 0.939 bits per heavy atom. The van der Waals surface area contributed by atoms with Gasteiger partial charge in [0.1, 0.15) is 0 Å². The summed E-state index contributed by atoms with van der Waals surface area (Å²) in [6.07, 6.45) is 3.20. The number of nitrogens with zero attached hydrogens (tertiary/aromatic N) is 1. The first kappa shape index (κ1) is 27.0. The summed E-state index contributed by atoms with van der Waals surface area (Å²) < 4.78 is 55.4. The van der Waals surface area contributed by atoms with Gasteiger partial charge in [-0.3, -0.25) is 13.6 Å². The molecule has 0 saturated heterocycles. The van der Waals surface area contributed by atoms with Crippen molar-refractivity contribution in [2.75, 3.05) is 32.9 Å². The Morgan fingerprint density at radius 2 is 1.58 bits per heavy atom. The molecule has 2 aromatic carbocycles. The van der Waals surface area contributed by atoms with Crippen molar-refractivity contribution in [3.05, 3.63) is 77.9 Å². The van der Waals surface area contributed by atoms with Gasteiger partial charge in [-0.15, -0.1) is 0 Å². The maximum atomic E-state index is 13.2. The minimum absolute atomic E-state index is 0.00663. The van der Waals surface area contributed by atoms with Gasteiger partial charge in [0.15, 0.2) is 0 Å². The number of hydrogen-bond donors (Lipinski definition) is 0. The maximum absolute atomic E-state index is 13.2. The lowest BCUT2D eigenvalue weighted by molar-refractivity contribution is 0.131. The molecule has 2 rings (SSSR count). The number of hydrogen-bond acceptors (Lipinski definition) is 6. The average molecular weight is 492 g/mol. The zero-order valence-corrected chi connectivity index (χ0v) is 20.8. The van der Waals surface area contributed by atoms with E-state index in [9.17, 15) is 13.0 Å². The molecule has 7 nitrogen and oxygen atoms in total. The fourth-order valence-electron chi connectivity index (χ4n) is 2.68. The van der Waals surface area contributed by atoms with Crippen LogP contribution in [0.5, 0.6) is 0 Å². The highest BCUT2D eigenvalue weighted by Gasteiger charge is 2.25. The largest absolute Gasteiger partial charge is 0.475 e. The predicted octanol–water partition coefficient (Wildman–Crippen LogP) is 4.79. The van der Waals surface area contributed by atoms with Crippen LogP contribution in [0.3, 0.4) is 0 Å². The quantitative estimate of drug-likeness (QED) is 0.241. The Balaban J connectivity index is 2.13. The standard InChI is InChI=1S/C24H30NO6PS/c1-4-29-32(26,30-5-2)31-21-10-9-19-25(20-11-14-23-12-7-6-8-13-23)33(27,28)24-17-15-22(3)16-18-24/h6-10,12-13,15-18H,4-5,19-21H2,1-3H3/b10-9-. The fraction of sp³-hybridized carbons (Fsp3) is 0.333. The topological polar surface area (TPSA) is 82.1 Å². The van der Waals surface area contributed by atoms with Gasteiger partial charge >= 0.3 is 7.82 Å². The van der Waals surface area contributed by atoms with E-state index in [0.29, 0.717) is 0 Å². The molecular weight excluding hydrogens is 461 g/mol. The van der Waals surface area contributed by atoms with E-state index in [1.165, 1.54) is 4.31 Å². The van der Waals surface area contributed by atoms with Crippen molar-refractivity contribution in [2.45, 2.75) is 25.7 Å². The Bertz CT molecular complexity index is 1100. The lowest BCUT2D eigenvalue weighted by Gasteiger charge is -2.18. The second kappa shape index (κ2) is 13.5. The molecule has 0 radical (unpaired) electrons. The van der Waals surface area contributed by atoms with E-state index in [1.54, 1.807) is 50.3 Å². The van der Waals surface area contributed by atoms with Crippen LogP contribution in [0.25, 0.3) is 0 Å². The summed E-state index contributed by atoms with van der Waals surface area (Å²) in [5, 5.41) is 0. The third-order valence-electron chi connectivity index (χ3n) is 4.30. The minimum atomic E-state index is -3.77. The van der Waals surface area contributed by atoms with Crippen molar-refractivity contribution in [3.8, 4) is 11.8 Å². The van der Waals surface area contributed by atoms with E-state index >= 15 is 0 Å². The zero-order chi connectivity index (χ0) is 24.2. The number of phosphoric acid groups is 1. The molecule has 0 aliphatic carbocycles. The summed E-state index contributed by atoms with van der Waals surface area (Å²) in [5.74, 6) is 5.92. The van der Waals surface area contributed by atoms with E-state index in [-0.39, 0.29) is 37.8 Å². The molecule has 0 unspecified atom stereocenters. The minimum Gasteiger partial charge on any atom is -0.287 e. The lowest BCUT2D eigenvalue weighted by Crippen LogP contribution is -2.31. The molecule has 0 aliphatic rings. The molecule has 0 atom stereocenters. The molecule has 0 saturated carbocycles. The van der Waals surface area contributed by atoms with E-state index in [0.717, 1.165) is 11.1 Å². The number of aryl methyl sites for hydroxylation is 1. The number of phosphoric ester groups is 1. The summed E-state index contributed by atoms with van der Waals surface area (Å²) in [6.45, 7) is 5.66. The van der Waals surface area contributed by atoms with Crippen LogP contribution in [-0.4, -0.2) is 45.6 Å². The molecule has 0 spiro atoms. The van der Waals surface area contributed by atoms with Crippen molar-refractivity contribution >= 4 is 17.8 Å². The number of benzene rings is 2. The first-order valence-electron chi connectivity index (χ1n) is 10.6. The highest BCUT2D eigenvalue weighted by atomic mass is 32.2. The van der Waals surface area contributed by atoms with Crippen molar-refractivity contribution < 1.29 is 26.6 Å². The molecule has 0 aliphatic heterocycles. The SMILES string of the molecule is CCOP(=O)(OCC)OC/C=C\CN(CC#Cc1ccccc1)S(=O)(=O)c1ccc(C)cc1. The Labute approximate surface area is 197 Å². The summed E-state index contributed by atoms with van der Waals surface area (Å²) in [4.78, 5) is 0.191. The van der Waals surface area contributed by atoms with Crippen LogP contribution < -0.4 is 0 Å². The zero-order valence-electron chi connectivity index (χ0n) is 19.1. The van der Waals surface area contributed by atoms with Gasteiger partial charge in [0.2, 0.25) is 10.0 Å². The first-order valence-corrected chi connectivity index (χ1v) is 13.5. The van der Waals surface area contributed by atoms with Gasteiger partial charge in [0.05, 0.1) is 31.3 Å². The van der Waals surface area contributed by atoms with Crippen LogP contribution in [0.15, 0.2) is 71.6 Å². The molecule has 0 amide bonds. The summed E-state index contributed by atoms with van der Waals surface area (Å²) in [7, 11) is -7.40. The molecule has 33 heavy (non-hydrogen) atoms. The first-order chi connectivity index (χ1) is 15.8. The van der Waals surface area contributed by atoms with Crippen LogP contribution in [-0.2, 0) is 28.2 Å². The summed E-state index contributed by atoms with van der Waals surface area (Å²) in [5.41, 5.74) is 1.77. The highest BCUT2D eigenvalue weighted by molar-refractivity contribution is 7.89. The van der Waals surface area contributed by atoms with Crippen LogP contribution in [0.1, 0.15) is 25.0 Å². The van der Waals surface area contributed by atoms with Gasteiger partial charge in [-0.05, 0) is 45.0 Å². The molecule has 0 heterocycles. The second-order valence-electron chi connectivity index (χ2n) is 6.83. The van der Waals surface area contributed by atoms with Gasteiger partial charge in [-0.25, -0.2) is 13.0 Å². The van der Waals surface area contributed by atoms with E-state index in [1.807, 2.05) is 37.3 Å². The van der Waals surface area contributed by atoms with Crippen molar-refractivity contribution in [1.82, 2.24) is 4.31 Å². The third kappa shape index (κ3) is 8.90. The van der Waals surface area contributed by atoms with Crippen LogP contribution in [0.4, 0.5) is 0 Å². The van der Waals surface area contributed by atoms with Gasteiger partial charge in [0.25, 0.3) is 0 Å². The maximum Gasteiger partial charge on any atom is 0.475 e. The fourth-order valence-corrected chi connectivity index (χ4v) is 5.10. The molecule has 0 N–H and O–H groups in total. The van der Waals surface area contributed by atoms with Gasteiger partial charge in [0, 0.05) is 12.1 Å². The summed E-state index contributed by atoms with van der Waals surface area (Å²) in [6, 6.07) is 16.0. The molecule has 2 aromatic rings. The average Bonchev–Trinajstić information content (AvgIpc) is 2.79. The summed E-state index contributed by atoms with van der Waals surface area (Å²) >= 11 is 0. The molecular formula is C24H30NO6PS. The van der Waals surface area contributed by atoms with Gasteiger partial charge < -0.3 is 0 Å². The van der Waals surface area contributed by atoms with E-state index in [4.69, 9.17) is 13.6 Å². The van der Waals surface area contributed by atoms with Crippen LogP contribution >= 0.6 is 7.82 Å². The number of rotatable bonds is 12. The predicted molar refractivity (Wildman–Crippen MR) is 129 cm³/mol. The van der Waals surface area contributed by atoms with Crippen LogP contribution in [0.2, 0.25) is 0 Å². The van der Waals surface area contributed by atoms with E-state index < -0.39 is 17.8 Å². The van der Waals surface area contributed by atoms with Gasteiger partial charge in [-0.1, -0.05) is 59.9 Å². The Hall–Kier alpha value is -2.24. The molecule has 0 fully saturated rings. The molecule has 0 aromatic heterocycles. The lowest BCUT2D eigenvalue weighted by atomic mass is 10.2. The highest BCUT2D eigenvalue weighted by Crippen LogP contribution is 2.49. The van der Waals surface area contributed by atoms with Crippen molar-refractivity contribution in [3.63, 3.8) is 0 Å². The monoisotopic (exact) mass is 491 g/mol. The smallest absolute Gasteiger partial charge is 0.287 e.